The van der Waals surface area contributed by atoms with Crippen LogP contribution < -0.4 is 19.6 Å². The topological polar surface area (TPSA) is 69.2 Å². The summed E-state index contributed by atoms with van der Waals surface area (Å²) in [6, 6.07) is 16.4. The molecular formula is C24H22BrFN2O4. The van der Waals surface area contributed by atoms with Crippen LogP contribution in [0.5, 0.6) is 17.2 Å². The molecule has 6 nitrogen and oxygen atoms in total. The Hall–Kier alpha value is -3.39. The number of hydrazone groups is 1. The molecule has 166 valence electrons. The highest BCUT2D eigenvalue weighted by atomic mass is 79.9. The lowest BCUT2D eigenvalue weighted by molar-refractivity contribution is 0.0954. The second kappa shape index (κ2) is 11.3. The van der Waals surface area contributed by atoms with Gasteiger partial charge in [0.05, 0.1) is 19.9 Å². The summed E-state index contributed by atoms with van der Waals surface area (Å²) >= 11 is 3.42. The summed E-state index contributed by atoms with van der Waals surface area (Å²) in [6.45, 7) is 2.56. The average Bonchev–Trinajstić information content (AvgIpc) is 2.79. The predicted octanol–water partition coefficient (Wildman–Crippen LogP) is 5.34. The third-order valence-corrected chi connectivity index (χ3v) is 4.87. The van der Waals surface area contributed by atoms with E-state index in [0.29, 0.717) is 35.0 Å². The number of nitrogens with one attached hydrogen (secondary N) is 1. The standard InChI is InChI=1S/C24H22BrFN2O4/c1-3-31-23-13-17(6-10-22(23)30-2)24(29)28-27-14-18-12-19(25)7-11-21(18)32-15-16-4-8-20(26)9-5-16/h4-14H,3,15H2,1-2H3,(H,28,29)/b27-14+. The normalized spacial score (nSPS) is 10.8. The summed E-state index contributed by atoms with van der Waals surface area (Å²) in [5.74, 6) is 0.900. The Labute approximate surface area is 194 Å². The lowest BCUT2D eigenvalue weighted by Gasteiger charge is -2.11. The van der Waals surface area contributed by atoms with Crippen LogP contribution in [-0.4, -0.2) is 25.8 Å². The fourth-order valence-corrected chi connectivity index (χ4v) is 3.18. The lowest BCUT2D eigenvalue weighted by Crippen LogP contribution is -2.17. The van der Waals surface area contributed by atoms with E-state index in [-0.39, 0.29) is 12.4 Å². The van der Waals surface area contributed by atoms with Crippen LogP contribution in [-0.2, 0) is 6.61 Å². The maximum absolute atomic E-state index is 13.1. The number of hydrogen-bond acceptors (Lipinski definition) is 5. The van der Waals surface area contributed by atoms with E-state index in [9.17, 15) is 9.18 Å². The minimum absolute atomic E-state index is 0.265. The minimum Gasteiger partial charge on any atom is -0.493 e. The molecule has 0 aliphatic rings. The molecule has 3 aromatic carbocycles. The van der Waals surface area contributed by atoms with Crippen LogP contribution in [0.2, 0.25) is 0 Å². The lowest BCUT2D eigenvalue weighted by atomic mass is 10.2. The Morgan fingerprint density at radius 1 is 1.03 bits per heavy atom. The molecule has 1 N–H and O–H groups in total. The summed E-state index contributed by atoms with van der Waals surface area (Å²) in [5.41, 5.74) is 4.37. The van der Waals surface area contributed by atoms with Gasteiger partial charge in [0, 0.05) is 15.6 Å². The molecule has 0 radical (unpaired) electrons. The van der Waals surface area contributed by atoms with Crippen LogP contribution in [0.3, 0.4) is 0 Å². The van der Waals surface area contributed by atoms with Gasteiger partial charge in [-0.1, -0.05) is 28.1 Å². The van der Waals surface area contributed by atoms with E-state index >= 15 is 0 Å². The van der Waals surface area contributed by atoms with E-state index in [2.05, 4.69) is 26.5 Å². The zero-order chi connectivity index (χ0) is 22.9. The molecule has 0 bridgehead atoms. The Morgan fingerprint density at radius 3 is 2.50 bits per heavy atom. The molecule has 3 aromatic rings. The number of amides is 1. The molecule has 0 heterocycles. The monoisotopic (exact) mass is 500 g/mol. The van der Waals surface area contributed by atoms with Gasteiger partial charge in [-0.05, 0) is 61.0 Å². The van der Waals surface area contributed by atoms with Crippen molar-refractivity contribution in [1.29, 1.82) is 0 Å². The highest BCUT2D eigenvalue weighted by Gasteiger charge is 2.11. The molecule has 8 heteroatoms. The van der Waals surface area contributed by atoms with Crippen molar-refractivity contribution in [3.63, 3.8) is 0 Å². The SMILES string of the molecule is CCOc1cc(C(=O)N/N=C/c2cc(Br)ccc2OCc2ccc(F)cc2)ccc1OC. The number of nitrogens with zero attached hydrogens (tertiary/aromatic N) is 1. The summed E-state index contributed by atoms with van der Waals surface area (Å²) in [4.78, 5) is 12.5. The third-order valence-electron chi connectivity index (χ3n) is 4.37. The molecule has 0 atom stereocenters. The average molecular weight is 501 g/mol. The predicted molar refractivity (Wildman–Crippen MR) is 124 cm³/mol. The number of rotatable bonds is 9. The minimum atomic E-state index is -0.395. The van der Waals surface area contributed by atoms with Crippen LogP contribution in [0.25, 0.3) is 0 Å². The first-order chi connectivity index (χ1) is 15.5. The second-order valence-electron chi connectivity index (χ2n) is 6.60. The molecule has 0 spiro atoms. The van der Waals surface area contributed by atoms with E-state index in [4.69, 9.17) is 14.2 Å². The zero-order valence-electron chi connectivity index (χ0n) is 17.6. The molecule has 1 amide bonds. The number of carbonyl (C=O) groups is 1. The Morgan fingerprint density at radius 2 is 1.78 bits per heavy atom. The van der Waals surface area contributed by atoms with Gasteiger partial charge in [-0.2, -0.15) is 5.10 Å². The maximum atomic E-state index is 13.1. The van der Waals surface area contributed by atoms with Crippen molar-refractivity contribution in [2.24, 2.45) is 5.10 Å². The van der Waals surface area contributed by atoms with Gasteiger partial charge in [-0.3, -0.25) is 4.79 Å². The summed E-state index contributed by atoms with van der Waals surface area (Å²) in [5, 5.41) is 4.06. The largest absolute Gasteiger partial charge is 0.493 e. The molecule has 0 aromatic heterocycles. The molecule has 0 saturated heterocycles. The molecule has 0 unspecified atom stereocenters. The Kier molecular flexibility index (Phi) is 8.21. The van der Waals surface area contributed by atoms with Crippen molar-refractivity contribution in [1.82, 2.24) is 5.43 Å². The van der Waals surface area contributed by atoms with Gasteiger partial charge in [-0.25, -0.2) is 9.82 Å². The van der Waals surface area contributed by atoms with Crippen molar-refractivity contribution in [3.05, 3.63) is 87.6 Å². The first-order valence-electron chi connectivity index (χ1n) is 9.81. The maximum Gasteiger partial charge on any atom is 0.271 e. The molecule has 0 aliphatic carbocycles. The first kappa shape index (κ1) is 23.3. The molecule has 3 rings (SSSR count). The summed E-state index contributed by atoms with van der Waals surface area (Å²) in [7, 11) is 1.54. The van der Waals surface area contributed by atoms with Crippen molar-refractivity contribution in [3.8, 4) is 17.2 Å². The highest BCUT2D eigenvalue weighted by molar-refractivity contribution is 9.10. The Balaban J connectivity index is 1.69. The summed E-state index contributed by atoms with van der Waals surface area (Å²) in [6.07, 6.45) is 1.50. The smallest absolute Gasteiger partial charge is 0.271 e. The molecular weight excluding hydrogens is 479 g/mol. The zero-order valence-corrected chi connectivity index (χ0v) is 19.2. The van der Waals surface area contributed by atoms with Gasteiger partial charge in [0.1, 0.15) is 18.2 Å². The van der Waals surface area contributed by atoms with Crippen molar-refractivity contribution >= 4 is 28.1 Å². The van der Waals surface area contributed by atoms with Crippen LogP contribution in [0.4, 0.5) is 4.39 Å². The third kappa shape index (κ3) is 6.31. The fourth-order valence-electron chi connectivity index (χ4n) is 2.80. The van der Waals surface area contributed by atoms with Gasteiger partial charge in [0.25, 0.3) is 5.91 Å². The van der Waals surface area contributed by atoms with Crippen LogP contribution >= 0.6 is 15.9 Å². The van der Waals surface area contributed by atoms with Crippen LogP contribution in [0, 0.1) is 5.82 Å². The van der Waals surface area contributed by atoms with Gasteiger partial charge in [0.2, 0.25) is 0 Å². The van der Waals surface area contributed by atoms with Gasteiger partial charge >= 0.3 is 0 Å². The quantitative estimate of drug-likeness (QED) is 0.318. The number of ether oxygens (including phenoxy) is 3. The molecule has 0 aliphatic heterocycles. The van der Waals surface area contributed by atoms with Crippen molar-refractivity contribution in [2.45, 2.75) is 13.5 Å². The number of halogens is 2. The van der Waals surface area contributed by atoms with E-state index in [1.54, 1.807) is 36.4 Å². The van der Waals surface area contributed by atoms with Gasteiger partial charge < -0.3 is 14.2 Å². The fraction of sp³-hybridized carbons (Fsp3) is 0.167. The Bertz CT molecular complexity index is 1100. The highest BCUT2D eigenvalue weighted by Crippen LogP contribution is 2.28. The van der Waals surface area contributed by atoms with E-state index in [1.807, 2.05) is 19.1 Å². The molecule has 32 heavy (non-hydrogen) atoms. The van der Waals surface area contributed by atoms with Gasteiger partial charge in [0.15, 0.2) is 11.5 Å². The summed E-state index contributed by atoms with van der Waals surface area (Å²) < 4.78 is 30.5. The first-order valence-corrected chi connectivity index (χ1v) is 10.6. The molecule has 0 saturated carbocycles. The van der Waals surface area contributed by atoms with E-state index < -0.39 is 5.91 Å². The molecule has 0 fully saturated rings. The number of hydrogen-bond donors (Lipinski definition) is 1. The van der Waals surface area contributed by atoms with E-state index in [0.717, 1.165) is 10.0 Å². The number of methoxy groups -OCH3 is 1. The van der Waals surface area contributed by atoms with Gasteiger partial charge in [-0.15, -0.1) is 0 Å². The van der Waals surface area contributed by atoms with E-state index in [1.165, 1.54) is 25.5 Å². The van der Waals surface area contributed by atoms with Crippen LogP contribution in [0.1, 0.15) is 28.4 Å². The van der Waals surface area contributed by atoms with Crippen molar-refractivity contribution < 1.29 is 23.4 Å². The number of benzene rings is 3. The number of carbonyl (C=O) groups excluding carboxylic acids is 1. The van der Waals surface area contributed by atoms with Crippen molar-refractivity contribution in [2.75, 3.05) is 13.7 Å². The van der Waals surface area contributed by atoms with Crippen LogP contribution in [0.15, 0.2) is 70.2 Å². The second-order valence-corrected chi connectivity index (χ2v) is 7.51.